The Morgan fingerprint density at radius 2 is 1.93 bits per heavy atom. The standard InChI is InChI=1S/C22H27FN4O/c1-16-8-9-18(14-20(16)23)21(28)25-11-12-26-22(24-2)27-13-10-19(15-27)17-6-4-3-5-7-17/h3-9,14,19H,10-13,15H2,1-2H3,(H,24,26)(H,25,28). The highest BCUT2D eigenvalue weighted by atomic mass is 19.1. The van der Waals surface area contributed by atoms with E-state index in [-0.39, 0.29) is 11.7 Å². The smallest absolute Gasteiger partial charge is 0.251 e. The van der Waals surface area contributed by atoms with Gasteiger partial charge in [-0.05, 0) is 36.6 Å². The number of aryl methyl sites for hydroxylation is 1. The number of nitrogens with zero attached hydrogens (tertiary/aromatic N) is 2. The molecule has 1 fully saturated rings. The summed E-state index contributed by atoms with van der Waals surface area (Å²) in [6.45, 7) is 4.54. The van der Waals surface area contributed by atoms with E-state index in [0.29, 0.717) is 30.1 Å². The van der Waals surface area contributed by atoms with E-state index in [4.69, 9.17) is 0 Å². The average molecular weight is 382 g/mol. The van der Waals surface area contributed by atoms with Crippen LogP contribution in [0.3, 0.4) is 0 Å². The lowest BCUT2D eigenvalue weighted by atomic mass is 9.99. The maximum absolute atomic E-state index is 13.6. The minimum atomic E-state index is -0.367. The molecule has 0 bridgehead atoms. The van der Waals surface area contributed by atoms with Gasteiger partial charge in [-0.2, -0.15) is 0 Å². The first-order chi connectivity index (χ1) is 13.6. The minimum absolute atomic E-state index is 0.277. The van der Waals surface area contributed by atoms with Gasteiger partial charge in [-0.25, -0.2) is 4.39 Å². The number of guanidine groups is 1. The number of halogens is 1. The number of nitrogens with one attached hydrogen (secondary N) is 2. The van der Waals surface area contributed by atoms with Gasteiger partial charge in [-0.3, -0.25) is 9.79 Å². The molecule has 5 nitrogen and oxygen atoms in total. The van der Waals surface area contributed by atoms with Gasteiger partial charge >= 0.3 is 0 Å². The molecule has 1 amide bonds. The van der Waals surface area contributed by atoms with Crippen LogP contribution in [0.1, 0.15) is 33.8 Å². The van der Waals surface area contributed by atoms with E-state index in [0.717, 1.165) is 25.5 Å². The normalized spacial score (nSPS) is 16.9. The molecule has 0 aromatic heterocycles. The first-order valence-electron chi connectivity index (χ1n) is 9.63. The molecule has 3 rings (SSSR count). The SMILES string of the molecule is CN=C(NCCNC(=O)c1ccc(C)c(F)c1)N1CCC(c2ccccc2)C1. The fraction of sp³-hybridized carbons (Fsp3) is 0.364. The predicted octanol–water partition coefficient (Wildman–Crippen LogP) is 2.93. The first-order valence-corrected chi connectivity index (χ1v) is 9.63. The van der Waals surface area contributed by atoms with Gasteiger partial charge in [-0.15, -0.1) is 0 Å². The van der Waals surface area contributed by atoms with Crippen LogP contribution in [0.5, 0.6) is 0 Å². The monoisotopic (exact) mass is 382 g/mol. The van der Waals surface area contributed by atoms with Crippen molar-refractivity contribution in [2.45, 2.75) is 19.3 Å². The van der Waals surface area contributed by atoms with Gasteiger partial charge in [0.05, 0.1) is 0 Å². The van der Waals surface area contributed by atoms with Crippen molar-refractivity contribution in [3.63, 3.8) is 0 Å². The zero-order valence-electron chi connectivity index (χ0n) is 16.4. The summed E-state index contributed by atoms with van der Waals surface area (Å²) in [6, 6.07) is 15.1. The maximum Gasteiger partial charge on any atom is 0.251 e. The van der Waals surface area contributed by atoms with Crippen LogP contribution in [-0.2, 0) is 0 Å². The van der Waals surface area contributed by atoms with E-state index < -0.39 is 0 Å². The number of benzene rings is 2. The molecule has 6 heteroatoms. The highest BCUT2D eigenvalue weighted by molar-refractivity contribution is 5.94. The molecular weight excluding hydrogens is 355 g/mol. The van der Waals surface area contributed by atoms with E-state index in [1.54, 1.807) is 26.1 Å². The fourth-order valence-electron chi connectivity index (χ4n) is 3.47. The van der Waals surface area contributed by atoms with Gasteiger partial charge in [0, 0.05) is 44.7 Å². The highest BCUT2D eigenvalue weighted by Gasteiger charge is 2.25. The number of amides is 1. The summed E-state index contributed by atoms with van der Waals surface area (Å²) in [4.78, 5) is 18.7. The molecule has 0 spiro atoms. The van der Waals surface area contributed by atoms with Crippen molar-refractivity contribution >= 4 is 11.9 Å². The average Bonchev–Trinajstić information content (AvgIpc) is 3.20. The van der Waals surface area contributed by atoms with Crippen LogP contribution < -0.4 is 10.6 Å². The van der Waals surface area contributed by atoms with E-state index in [1.807, 2.05) is 6.07 Å². The highest BCUT2D eigenvalue weighted by Crippen LogP contribution is 2.26. The summed E-state index contributed by atoms with van der Waals surface area (Å²) in [5.41, 5.74) is 2.22. The van der Waals surface area contributed by atoms with Crippen molar-refractivity contribution in [2.24, 2.45) is 4.99 Å². The second-order valence-electron chi connectivity index (χ2n) is 7.04. The number of rotatable bonds is 5. The second kappa shape index (κ2) is 9.35. The van der Waals surface area contributed by atoms with E-state index in [1.165, 1.54) is 11.6 Å². The lowest BCUT2D eigenvalue weighted by molar-refractivity contribution is 0.0954. The Kier molecular flexibility index (Phi) is 6.63. The molecule has 1 unspecified atom stereocenters. The predicted molar refractivity (Wildman–Crippen MR) is 110 cm³/mol. The molecule has 148 valence electrons. The molecule has 1 aliphatic heterocycles. The number of aliphatic imine (C=N–C) groups is 1. The Balaban J connectivity index is 1.44. The Morgan fingerprint density at radius 3 is 2.64 bits per heavy atom. The molecule has 1 saturated heterocycles. The molecule has 28 heavy (non-hydrogen) atoms. The van der Waals surface area contributed by atoms with Gasteiger partial charge in [0.15, 0.2) is 5.96 Å². The summed E-state index contributed by atoms with van der Waals surface area (Å²) >= 11 is 0. The lowest BCUT2D eigenvalue weighted by Crippen LogP contribution is -2.43. The van der Waals surface area contributed by atoms with Crippen molar-refractivity contribution in [3.05, 3.63) is 71.0 Å². The van der Waals surface area contributed by atoms with Gasteiger partial charge in [0.1, 0.15) is 5.82 Å². The Morgan fingerprint density at radius 1 is 1.18 bits per heavy atom. The molecule has 0 radical (unpaired) electrons. The van der Waals surface area contributed by atoms with Crippen molar-refractivity contribution in [1.82, 2.24) is 15.5 Å². The number of likely N-dealkylation sites (tertiary alicyclic amines) is 1. The van der Waals surface area contributed by atoms with Crippen molar-refractivity contribution in [2.75, 3.05) is 33.2 Å². The summed E-state index contributed by atoms with van der Waals surface area (Å²) in [5, 5.41) is 6.11. The quantitative estimate of drug-likeness (QED) is 0.475. The van der Waals surface area contributed by atoms with Crippen LogP contribution in [0, 0.1) is 12.7 Å². The molecule has 2 aromatic rings. The van der Waals surface area contributed by atoms with Crippen LogP contribution in [0.15, 0.2) is 53.5 Å². The summed E-state index contributed by atoms with van der Waals surface area (Å²) in [7, 11) is 1.77. The number of hydrogen-bond donors (Lipinski definition) is 2. The Labute approximate surface area is 165 Å². The number of carbonyl (C=O) groups is 1. The molecule has 1 aliphatic rings. The molecule has 0 saturated carbocycles. The largest absolute Gasteiger partial charge is 0.354 e. The summed E-state index contributed by atoms with van der Waals surface area (Å²) < 4.78 is 13.6. The van der Waals surface area contributed by atoms with E-state index in [2.05, 4.69) is 44.8 Å². The number of hydrogen-bond acceptors (Lipinski definition) is 2. The van der Waals surface area contributed by atoms with Crippen molar-refractivity contribution in [3.8, 4) is 0 Å². The Hall–Kier alpha value is -2.89. The van der Waals surface area contributed by atoms with Crippen LogP contribution >= 0.6 is 0 Å². The topological polar surface area (TPSA) is 56.7 Å². The Bertz CT molecular complexity index is 838. The van der Waals surface area contributed by atoms with Gasteiger partial charge in [0.25, 0.3) is 5.91 Å². The third-order valence-electron chi connectivity index (χ3n) is 5.10. The van der Waals surface area contributed by atoms with Crippen LogP contribution in [0.25, 0.3) is 0 Å². The molecule has 2 N–H and O–H groups in total. The lowest BCUT2D eigenvalue weighted by Gasteiger charge is -2.22. The molecular formula is C22H27FN4O. The third-order valence-corrected chi connectivity index (χ3v) is 5.10. The van der Waals surface area contributed by atoms with Gasteiger partial charge in [0.2, 0.25) is 0 Å². The second-order valence-corrected chi connectivity index (χ2v) is 7.04. The summed E-state index contributed by atoms with van der Waals surface area (Å²) in [6.07, 6.45) is 1.10. The van der Waals surface area contributed by atoms with E-state index >= 15 is 0 Å². The molecule has 1 atom stereocenters. The minimum Gasteiger partial charge on any atom is -0.354 e. The summed E-state index contributed by atoms with van der Waals surface area (Å²) in [5.74, 6) is 0.708. The van der Waals surface area contributed by atoms with Crippen LogP contribution in [0.4, 0.5) is 4.39 Å². The van der Waals surface area contributed by atoms with Crippen LogP contribution in [-0.4, -0.2) is 50.0 Å². The van der Waals surface area contributed by atoms with Gasteiger partial charge in [-0.1, -0.05) is 36.4 Å². The van der Waals surface area contributed by atoms with Crippen LogP contribution in [0.2, 0.25) is 0 Å². The maximum atomic E-state index is 13.6. The number of carbonyl (C=O) groups excluding carboxylic acids is 1. The fourth-order valence-corrected chi connectivity index (χ4v) is 3.47. The zero-order valence-corrected chi connectivity index (χ0v) is 16.4. The van der Waals surface area contributed by atoms with Crippen molar-refractivity contribution in [1.29, 1.82) is 0 Å². The molecule has 2 aromatic carbocycles. The van der Waals surface area contributed by atoms with Crippen molar-refractivity contribution < 1.29 is 9.18 Å². The van der Waals surface area contributed by atoms with E-state index in [9.17, 15) is 9.18 Å². The van der Waals surface area contributed by atoms with Gasteiger partial charge < -0.3 is 15.5 Å². The first kappa shape index (κ1) is 19.9. The molecule has 1 heterocycles. The molecule has 0 aliphatic carbocycles. The third kappa shape index (κ3) is 4.88. The zero-order chi connectivity index (χ0) is 19.9.